The Balaban J connectivity index is 2.14. The van der Waals surface area contributed by atoms with Crippen molar-refractivity contribution in [2.75, 3.05) is 0 Å². The highest BCUT2D eigenvalue weighted by molar-refractivity contribution is 5.13. The number of rotatable bonds is 4. The molecular formula is C12H12N3O2+. The molecule has 1 heterocycles. The van der Waals surface area contributed by atoms with Gasteiger partial charge in [-0.05, 0) is 0 Å². The molecule has 5 heteroatoms. The van der Waals surface area contributed by atoms with Gasteiger partial charge in [0.25, 0.3) is 6.54 Å². The Labute approximate surface area is 98.5 Å². The van der Waals surface area contributed by atoms with Gasteiger partial charge in [-0.3, -0.25) is 10.1 Å². The van der Waals surface area contributed by atoms with Gasteiger partial charge < -0.3 is 0 Å². The van der Waals surface area contributed by atoms with Gasteiger partial charge in [0.05, 0.1) is 6.20 Å². The largest absolute Gasteiger partial charge is 0.264 e. The highest BCUT2D eigenvalue weighted by Crippen LogP contribution is 1.98. The minimum atomic E-state index is -0.380. The van der Waals surface area contributed by atoms with Crippen molar-refractivity contribution in [3.63, 3.8) is 0 Å². The lowest BCUT2D eigenvalue weighted by molar-refractivity contribution is -0.690. The topological polar surface area (TPSA) is 59.9 Å². The molecule has 1 aromatic carbocycles. The molecular weight excluding hydrogens is 218 g/mol. The van der Waals surface area contributed by atoms with Crippen LogP contribution in [0.25, 0.3) is 0 Å². The standard InChI is InChI=1S/C12H12N3O2/c16-15(17)10-12-9-14(7-6-13-12)8-11-4-2-1-3-5-11/h1-7,9H,8,10H2/q+1. The van der Waals surface area contributed by atoms with Crippen LogP contribution in [0.4, 0.5) is 0 Å². The summed E-state index contributed by atoms with van der Waals surface area (Å²) in [5, 5.41) is 10.4. The molecule has 1 aromatic heterocycles. The van der Waals surface area contributed by atoms with Crippen LogP contribution in [0, 0.1) is 10.1 Å². The molecule has 0 unspecified atom stereocenters. The van der Waals surface area contributed by atoms with E-state index in [1.54, 1.807) is 18.6 Å². The quantitative estimate of drug-likeness (QED) is 0.450. The average Bonchev–Trinajstić information content (AvgIpc) is 2.30. The molecule has 0 radical (unpaired) electrons. The van der Waals surface area contributed by atoms with E-state index in [-0.39, 0.29) is 11.5 Å². The van der Waals surface area contributed by atoms with E-state index in [2.05, 4.69) is 4.98 Å². The summed E-state index contributed by atoms with van der Waals surface area (Å²) in [6, 6.07) is 9.92. The third-order valence-corrected chi connectivity index (χ3v) is 2.31. The summed E-state index contributed by atoms with van der Waals surface area (Å²) in [6.07, 6.45) is 5.09. The summed E-state index contributed by atoms with van der Waals surface area (Å²) in [5.74, 6) is 0. The Morgan fingerprint density at radius 3 is 2.76 bits per heavy atom. The van der Waals surface area contributed by atoms with Crippen LogP contribution in [0.5, 0.6) is 0 Å². The first-order valence-electron chi connectivity index (χ1n) is 5.24. The van der Waals surface area contributed by atoms with E-state index in [0.717, 1.165) is 5.56 Å². The van der Waals surface area contributed by atoms with Crippen molar-refractivity contribution in [3.8, 4) is 0 Å². The van der Waals surface area contributed by atoms with Gasteiger partial charge in [-0.2, -0.15) is 4.57 Å². The zero-order chi connectivity index (χ0) is 12.1. The van der Waals surface area contributed by atoms with Crippen molar-refractivity contribution in [3.05, 3.63) is 70.3 Å². The number of aromatic nitrogens is 2. The Morgan fingerprint density at radius 2 is 2.06 bits per heavy atom. The first kappa shape index (κ1) is 11.2. The van der Waals surface area contributed by atoms with Gasteiger partial charge in [-0.15, -0.1) is 0 Å². The molecule has 0 aliphatic rings. The zero-order valence-corrected chi connectivity index (χ0v) is 9.19. The van der Waals surface area contributed by atoms with Crippen molar-refractivity contribution in [2.45, 2.75) is 13.1 Å². The van der Waals surface area contributed by atoms with Crippen molar-refractivity contribution < 1.29 is 9.49 Å². The summed E-state index contributed by atoms with van der Waals surface area (Å²) in [7, 11) is 0. The summed E-state index contributed by atoms with van der Waals surface area (Å²) in [5.41, 5.74) is 1.61. The number of nitrogens with zero attached hydrogens (tertiary/aromatic N) is 3. The first-order chi connectivity index (χ1) is 8.24. The number of benzene rings is 1. The van der Waals surface area contributed by atoms with Crippen LogP contribution in [-0.4, -0.2) is 9.91 Å². The Kier molecular flexibility index (Phi) is 3.40. The number of nitro groups is 1. The van der Waals surface area contributed by atoms with Crippen LogP contribution in [-0.2, 0) is 13.1 Å². The van der Waals surface area contributed by atoms with Crippen molar-refractivity contribution >= 4 is 0 Å². The maximum Gasteiger partial charge on any atom is 0.251 e. The molecule has 0 N–H and O–H groups in total. The molecule has 0 bridgehead atoms. The minimum Gasteiger partial charge on any atom is -0.264 e. The van der Waals surface area contributed by atoms with Crippen molar-refractivity contribution in [1.82, 2.24) is 4.98 Å². The predicted octanol–water partition coefficient (Wildman–Crippen LogP) is 1.19. The summed E-state index contributed by atoms with van der Waals surface area (Å²) in [6.45, 7) is 0.448. The molecule has 17 heavy (non-hydrogen) atoms. The molecule has 2 rings (SSSR count). The Bertz CT molecular complexity index is 514. The Morgan fingerprint density at radius 1 is 1.29 bits per heavy atom. The Hall–Kier alpha value is -2.30. The fourth-order valence-electron chi connectivity index (χ4n) is 1.59. The summed E-state index contributed by atoms with van der Waals surface area (Å²) in [4.78, 5) is 14.0. The van der Waals surface area contributed by atoms with Gasteiger partial charge in [0.2, 0.25) is 0 Å². The molecule has 0 fully saturated rings. The average molecular weight is 230 g/mol. The summed E-state index contributed by atoms with van der Waals surface area (Å²) >= 11 is 0. The third kappa shape index (κ3) is 3.34. The van der Waals surface area contributed by atoms with Gasteiger partial charge in [0.1, 0.15) is 0 Å². The van der Waals surface area contributed by atoms with Gasteiger partial charge in [-0.25, -0.2) is 4.98 Å². The molecule has 0 aliphatic heterocycles. The fraction of sp³-hybridized carbons (Fsp3) is 0.167. The smallest absolute Gasteiger partial charge is 0.251 e. The predicted molar refractivity (Wildman–Crippen MR) is 60.7 cm³/mol. The van der Waals surface area contributed by atoms with Crippen LogP contribution in [0.1, 0.15) is 11.3 Å². The molecule has 0 spiro atoms. The molecule has 0 aliphatic carbocycles. The third-order valence-electron chi connectivity index (χ3n) is 2.31. The maximum atomic E-state index is 10.4. The molecule has 86 valence electrons. The molecule has 5 nitrogen and oxygen atoms in total. The summed E-state index contributed by atoms with van der Waals surface area (Å²) < 4.78 is 1.89. The van der Waals surface area contributed by atoms with Crippen molar-refractivity contribution in [2.24, 2.45) is 0 Å². The van der Waals surface area contributed by atoms with Crippen LogP contribution < -0.4 is 4.57 Å². The van der Waals surface area contributed by atoms with Crippen molar-refractivity contribution in [1.29, 1.82) is 0 Å². The van der Waals surface area contributed by atoms with Crippen LogP contribution in [0.15, 0.2) is 48.9 Å². The number of hydrogen-bond acceptors (Lipinski definition) is 3. The maximum absolute atomic E-state index is 10.4. The fourth-order valence-corrected chi connectivity index (χ4v) is 1.59. The minimum absolute atomic E-state index is 0.240. The monoisotopic (exact) mass is 230 g/mol. The van der Waals surface area contributed by atoms with E-state index >= 15 is 0 Å². The molecule has 0 saturated heterocycles. The lowest BCUT2D eigenvalue weighted by atomic mass is 10.2. The SMILES string of the molecule is O=[N+]([O-])Cc1c[n+](Cc2ccccc2)ccn1. The van der Waals surface area contributed by atoms with Gasteiger partial charge in [0, 0.05) is 10.5 Å². The van der Waals surface area contributed by atoms with Crippen LogP contribution >= 0.6 is 0 Å². The highest BCUT2D eigenvalue weighted by Gasteiger charge is 2.09. The van der Waals surface area contributed by atoms with E-state index in [0.29, 0.717) is 12.2 Å². The van der Waals surface area contributed by atoms with E-state index in [1.807, 2.05) is 34.9 Å². The van der Waals surface area contributed by atoms with Gasteiger partial charge in [0.15, 0.2) is 24.6 Å². The van der Waals surface area contributed by atoms with E-state index in [4.69, 9.17) is 0 Å². The second kappa shape index (κ2) is 5.16. The number of hydrogen-bond donors (Lipinski definition) is 0. The lowest BCUT2D eigenvalue weighted by Crippen LogP contribution is -2.34. The van der Waals surface area contributed by atoms with Gasteiger partial charge >= 0.3 is 0 Å². The second-order valence-corrected chi connectivity index (χ2v) is 3.70. The lowest BCUT2D eigenvalue weighted by Gasteiger charge is -1.98. The molecule has 0 saturated carbocycles. The zero-order valence-electron chi connectivity index (χ0n) is 9.19. The van der Waals surface area contributed by atoms with E-state index < -0.39 is 0 Å². The normalized spacial score (nSPS) is 10.1. The second-order valence-electron chi connectivity index (χ2n) is 3.70. The van der Waals surface area contributed by atoms with E-state index in [1.165, 1.54) is 0 Å². The molecule has 0 amide bonds. The highest BCUT2D eigenvalue weighted by atomic mass is 16.6. The first-order valence-corrected chi connectivity index (χ1v) is 5.24. The van der Waals surface area contributed by atoms with E-state index in [9.17, 15) is 10.1 Å². The van der Waals surface area contributed by atoms with Gasteiger partial charge in [-0.1, -0.05) is 30.3 Å². The molecule has 2 aromatic rings. The van der Waals surface area contributed by atoms with Crippen LogP contribution in [0.2, 0.25) is 0 Å². The molecule has 0 atom stereocenters. The van der Waals surface area contributed by atoms with Crippen LogP contribution in [0.3, 0.4) is 0 Å².